The average molecular weight is 507 g/mol. The largest absolute Gasteiger partial charge is 0.413 e. The van der Waals surface area contributed by atoms with Gasteiger partial charge in [-0.2, -0.15) is 0 Å². The van der Waals surface area contributed by atoms with Crippen LogP contribution in [0, 0.1) is 11.3 Å². The van der Waals surface area contributed by atoms with Crippen molar-refractivity contribution < 1.29 is 13.6 Å². The number of allylic oxidation sites excluding steroid dienone is 3. The van der Waals surface area contributed by atoms with Crippen LogP contribution in [0.4, 0.5) is 0 Å². The first-order valence-electron chi connectivity index (χ1n) is 13.0. The van der Waals surface area contributed by atoms with Crippen molar-refractivity contribution in [1.29, 1.82) is 0 Å². The Bertz CT molecular complexity index is 806. The summed E-state index contributed by atoms with van der Waals surface area (Å²) < 4.78 is 12.9. The number of carbonyl (C=O) groups excluding carboxylic acids is 1. The van der Waals surface area contributed by atoms with E-state index in [9.17, 15) is 4.79 Å². The Morgan fingerprint density at radius 1 is 1.09 bits per heavy atom. The highest BCUT2D eigenvalue weighted by molar-refractivity contribution is 6.74. The highest BCUT2D eigenvalue weighted by Crippen LogP contribution is 2.45. The standard InChI is InChI=1S/C29H54O3Si2/c1-15-29(9,20-16-17-22(2)21-31-34(13,14)27(4,5)6)26(30)25-23(3)18-19-24(25)28(7,8)32-33(10,11)12/h15,17,24H,1,16,18-21H2,2-14H3/b22-17+/t24-,29-/m1/s1. The van der Waals surface area contributed by atoms with Crippen LogP contribution in [-0.2, 0) is 13.6 Å². The molecule has 0 fully saturated rings. The molecule has 0 unspecified atom stereocenters. The predicted molar refractivity (Wildman–Crippen MR) is 153 cm³/mol. The monoisotopic (exact) mass is 506 g/mol. The summed E-state index contributed by atoms with van der Waals surface area (Å²) in [5.41, 5.74) is 2.54. The topological polar surface area (TPSA) is 35.5 Å². The van der Waals surface area contributed by atoms with Crippen molar-refractivity contribution in [2.75, 3.05) is 6.61 Å². The van der Waals surface area contributed by atoms with Gasteiger partial charge in [0.1, 0.15) is 0 Å². The average Bonchev–Trinajstić information content (AvgIpc) is 3.05. The van der Waals surface area contributed by atoms with Crippen molar-refractivity contribution >= 4 is 22.4 Å². The van der Waals surface area contributed by atoms with Gasteiger partial charge in [0.25, 0.3) is 0 Å². The number of Topliss-reactive ketones (excluding diaryl/α,β-unsaturated/α-hetero) is 1. The van der Waals surface area contributed by atoms with Gasteiger partial charge in [-0.3, -0.25) is 4.79 Å². The Morgan fingerprint density at radius 3 is 2.12 bits per heavy atom. The Morgan fingerprint density at radius 2 is 1.65 bits per heavy atom. The quantitative estimate of drug-likeness (QED) is 0.196. The summed E-state index contributed by atoms with van der Waals surface area (Å²) in [6.45, 7) is 33.4. The van der Waals surface area contributed by atoms with Gasteiger partial charge in [-0.05, 0) is 98.1 Å². The molecule has 0 spiro atoms. The van der Waals surface area contributed by atoms with Gasteiger partial charge in [0.2, 0.25) is 0 Å². The lowest BCUT2D eigenvalue weighted by molar-refractivity contribution is -0.123. The fourth-order valence-electron chi connectivity index (χ4n) is 4.65. The van der Waals surface area contributed by atoms with Gasteiger partial charge in [-0.1, -0.05) is 44.1 Å². The summed E-state index contributed by atoms with van der Waals surface area (Å²) in [6, 6.07) is 0. The van der Waals surface area contributed by atoms with Crippen LogP contribution < -0.4 is 0 Å². The second kappa shape index (κ2) is 11.1. The second-order valence-corrected chi connectivity index (χ2v) is 22.9. The minimum atomic E-state index is -1.76. The zero-order chi connectivity index (χ0) is 26.8. The van der Waals surface area contributed by atoms with Gasteiger partial charge >= 0.3 is 0 Å². The van der Waals surface area contributed by atoms with E-state index < -0.39 is 22.0 Å². The summed E-state index contributed by atoms with van der Waals surface area (Å²) in [6.07, 6.45) is 7.67. The molecule has 5 heteroatoms. The Kier molecular flexibility index (Phi) is 10.2. The molecule has 0 radical (unpaired) electrons. The van der Waals surface area contributed by atoms with Gasteiger partial charge in [-0.15, -0.1) is 6.58 Å². The van der Waals surface area contributed by atoms with Crippen LogP contribution in [0.15, 0.2) is 35.5 Å². The van der Waals surface area contributed by atoms with E-state index in [0.29, 0.717) is 6.61 Å². The molecule has 1 aliphatic rings. The lowest BCUT2D eigenvalue weighted by atomic mass is 9.72. The molecule has 2 atom stereocenters. The maximum atomic E-state index is 14.0. The molecule has 1 aliphatic carbocycles. The van der Waals surface area contributed by atoms with Gasteiger partial charge in [0.15, 0.2) is 22.4 Å². The predicted octanol–water partition coefficient (Wildman–Crippen LogP) is 8.85. The van der Waals surface area contributed by atoms with E-state index in [1.807, 2.05) is 6.08 Å². The van der Waals surface area contributed by atoms with Crippen LogP contribution in [0.2, 0.25) is 37.8 Å². The molecule has 0 aliphatic heterocycles. The molecule has 0 saturated heterocycles. The van der Waals surface area contributed by atoms with Crippen molar-refractivity contribution in [2.24, 2.45) is 11.3 Å². The summed E-state index contributed by atoms with van der Waals surface area (Å²) in [5.74, 6) is 0.375. The molecule has 0 aromatic carbocycles. The maximum Gasteiger partial charge on any atom is 0.192 e. The zero-order valence-electron chi connectivity index (χ0n) is 24.7. The maximum absolute atomic E-state index is 14.0. The minimum Gasteiger partial charge on any atom is -0.413 e. The van der Waals surface area contributed by atoms with E-state index in [0.717, 1.165) is 31.3 Å². The van der Waals surface area contributed by atoms with Crippen LogP contribution >= 0.6 is 0 Å². The first-order chi connectivity index (χ1) is 15.2. The number of rotatable bonds is 12. The number of carbonyl (C=O) groups is 1. The van der Waals surface area contributed by atoms with Crippen LogP contribution in [0.1, 0.15) is 81.1 Å². The Labute approximate surface area is 213 Å². The lowest BCUT2D eigenvalue weighted by Gasteiger charge is -2.40. The number of ketones is 1. The van der Waals surface area contributed by atoms with Crippen molar-refractivity contribution in [3.05, 3.63) is 35.5 Å². The van der Waals surface area contributed by atoms with E-state index in [2.05, 4.69) is 101 Å². The summed E-state index contributed by atoms with van der Waals surface area (Å²) >= 11 is 0. The molecule has 0 amide bonds. The van der Waals surface area contributed by atoms with Crippen LogP contribution in [-0.4, -0.2) is 34.6 Å². The smallest absolute Gasteiger partial charge is 0.192 e. The number of hydrogen-bond donors (Lipinski definition) is 0. The van der Waals surface area contributed by atoms with Crippen molar-refractivity contribution in [3.8, 4) is 0 Å². The van der Waals surface area contributed by atoms with Crippen LogP contribution in [0.25, 0.3) is 0 Å². The van der Waals surface area contributed by atoms with Crippen molar-refractivity contribution in [3.63, 3.8) is 0 Å². The van der Waals surface area contributed by atoms with E-state index in [1.165, 1.54) is 11.1 Å². The minimum absolute atomic E-state index is 0.140. The second-order valence-electron chi connectivity index (χ2n) is 13.7. The Balaban J connectivity index is 2.97. The van der Waals surface area contributed by atoms with E-state index in [1.54, 1.807) is 0 Å². The number of hydrogen-bond acceptors (Lipinski definition) is 3. The molecule has 0 saturated carbocycles. The molecular weight excluding hydrogens is 452 g/mol. The molecule has 3 nitrogen and oxygen atoms in total. The zero-order valence-corrected chi connectivity index (χ0v) is 26.7. The highest BCUT2D eigenvalue weighted by Gasteiger charge is 2.45. The third-order valence-corrected chi connectivity index (χ3v) is 13.5. The fourth-order valence-corrected chi connectivity index (χ4v) is 7.39. The van der Waals surface area contributed by atoms with Gasteiger partial charge in [0, 0.05) is 16.9 Å². The first-order valence-corrected chi connectivity index (χ1v) is 19.4. The third-order valence-electron chi connectivity index (χ3n) is 7.86. The molecule has 0 bridgehead atoms. The summed E-state index contributed by atoms with van der Waals surface area (Å²) in [4.78, 5) is 14.0. The van der Waals surface area contributed by atoms with Crippen LogP contribution in [0.5, 0.6) is 0 Å². The summed E-state index contributed by atoms with van der Waals surface area (Å²) in [7, 11) is -3.50. The molecular formula is C29H54O3Si2. The molecule has 34 heavy (non-hydrogen) atoms. The molecule has 0 aromatic rings. The molecule has 0 heterocycles. The highest BCUT2D eigenvalue weighted by atomic mass is 28.4. The third kappa shape index (κ3) is 8.14. The van der Waals surface area contributed by atoms with E-state index in [-0.39, 0.29) is 22.3 Å². The molecule has 0 N–H and O–H groups in total. The van der Waals surface area contributed by atoms with Crippen LogP contribution in [0.3, 0.4) is 0 Å². The summed E-state index contributed by atoms with van der Waals surface area (Å²) in [5, 5.41) is 0.206. The first kappa shape index (κ1) is 31.3. The normalized spacial score (nSPS) is 20.5. The lowest BCUT2D eigenvalue weighted by Crippen LogP contribution is -2.45. The van der Waals surface area contributed by atoms with Crippen molar-refractivity contribution in [1.82, 2.24) is 0 Å². The molecule has 196 valence electrons. The van der Waals surface area contributed by atoms with E-state index >= 15 is 0 Å². The van der Waals surface area contributed by atoms with Crippen molar-refractivity contribution in [2.45, 2.75) is 124 Å². The van der Waals surface area contributed by atoms with E-state index in [4.69, 9.17) is 8.85 Å². The molecule has 0 aromatic heterocycles. The SMILES string of the molecule is C=C[C@](C)(CC/C=C(\C)CO[Si](C)(C)C(C)(C)C)C(=O)C1=C(C)CC[C@H]1C(C)(C)O[Si](C)(C)C. The fraction of sp³-hybridized carbons (Fsp3) is 0.759. The molecule has 1 rings (SSSR count). The van der Waals surface area contributed by atoms with Gasteiger partial charge in [0.05, 0.1) is 12.2 Å². The Hall–Kier alpha value is -0.756. The van der Waals surface area contributed by atoms with Gasteiger partial charge < -0.3 is 8.85 Å². The van der Waals surface area contributed by atoms with Gasteiger partial charge in [-0.25, -0.2) is 0 Å².